The van der Waals surface area contributed by atoms with Gasteiger partial charge in [0.1, 0.15) is 24.5 Å². The normalized spacial score (nSPS) is 16.6. The van der Waals surface area contributed by atoms with Gasteiger partial charge in [0.2, 0.25) is 0 Å². The standard InChI is InChI=1S/C24H29ClN2O5/c1-29-22-14-20(26)19(25)13-18(22)24(28)32-15-17-5-8-27(9-6-17)7-4-16-2-3-21-23(12-16)31-11-10-30-21/h2-3,12-14,17H,4-11,15,26H2,1H3. The minimum absolute atomic E-state index is 0.295. The number of benzene rings is 2. The molecule has 2 aliphatic rings. The molecule has 1 saturated heterocycles. The number of carbonyl (C=O) groups excluding carboxylic acids is 1. The van der Waals surface area contributed by atoms with Crippen molar-refractivity contribution in [1.82, 2.24) is 4.90 Å². The predicted octanol–water partition coefficient (Wildman–Crippen LogP) is 3.81. The molecule has 2 aliphatic heterocycles. The van der Waals surface area contributed by atoms with Gasteiger partial charge in [0.25, 0.3) is 0 Å². The number of nitrogens with zero attached hydrogens (tertiary/aromatic N) is 1. The number of carbonyl (C=O) groups is 1. The van der Waals surface area contributed by atoms with E-state index in [9.17, 15) is 4.79 Å². The summed E-state index contributed by atoms with van der Waals surface area (Å²) in [4.78, 5) is 15.0. The number of esters is 1. The highest BCUT2D eigenvalue weighted by Crippen LogP contribution is 2.31. The highest BCUT2D eigenvalue weighted by molar-refractivity contribution is 6.33. The molecule has 0 unspecified atom stereocenters. The lowest BCUT2D eigenvalue weighted by Gasteiger charge is -2.31. The van der Waals surface area contributed by atoms with Gasteiger partial charge in [-0.2, -0.15) is 0 Å². The van der Waals surface area contributed by atoms with Gasteiger partial charge < -0.3 is 29.6 Å². The first kappa shape index (κ1) is 22.6. The number of ether oxygens (including phenoxy) is 4. The van der Waals surface area contributed by atoms with E-state index in [2.05, 4.69) is 17.0 Å². The zero-order valence-electron chi connectivity index (χ0n) is 18.3. The van der Waals surface area contributed by atoms with E-state index in [1.54, 1.807) is 6.07 Å². The maximum atomic E-state index is 12.5. The number of anilines is 1. The molecule has 0 atom stereocenters. The number of nitrogen functional groups attached to an aromatic ring is 1. The first-order chi connectivity index (χ1) is 15.5. The zero-order chi connectivity index (χ0) is 22.5. The number of likely N-dealkylation sites (tertiary alicyclic amines) is 1. The Labute approximate surface area is 193 Å². The van der Waals surface area contributed by atoms with E-state index in [1.165, 1.54) is 18.7 Å². The molecule has 0 aromatic heterocycles. The molecule has 1 fully saturated rings. The number of methoxy groups -OCH3 is 1. The van der Waals surface area contributed by atoms with E-state index in [0.717, 1.165) is 50.4 Å². The number of rotatable bonds is 7. The molecule has 7 nitrogen and oxygen atoms in total. The van der Waals surface area contributed by atoms with Crippen LogP contribution < -0.4 is 19.9 Å². The Hall–Kier alpha value is -2.64. The molecule has 32 heavy (non-hydrogen) atoms. The maximum Gasteiger partial charge on any atom is 0.341 e. The molecule has 8 heteroatoms. The van der Waals surface area contributed by atoms with Crippen molar-refractivity contribution in [3.63, 3.8) is 0 Å². The second-order valence-corrected chi connectivity index (χ2v) is 8.59. The summed E-state index contributed by atoms with van der Waals surface area (Å²) >= 11 is 6.05. The van der Waals surface area contributed by atoms with Gasteiger partial charge in [0, 0.05) is 12.6 Å². The number of hydrogen-bond donors (Lipinski definition) is 1. The first-order valence-corrected chi connectivity index (χ1v) is 11.3. The van der Waals surface area contributed by atoms with Crippen LogP contribution in [0.4, 0.5) is 5.69 Å². The van der Waals surface area contributed by atoms with Crippen LogP contribution in [-0.4, -0.2) is 57.4 Å². The maximum absolute atomic E-state index is 12.5. The number of nitrogens with two attached hydrogens (primary N) is 1. The molecule has 0 radical (unpaired) electrons. The van der Waals surface area contributed by atoms with Crippen molar-refractivity contribution < 1.29 is 23.7 Å². The van der Waals surface area contributed by atoms with Gasteiger partial charge in [-0.1, -0.05) is 17.7 Å². The molecule has 2 aromatic carbocycles. The number of piperidine rings is 1. The Balaban J connectivity index is 1.21. The smallest absolute Gasteiger partial charge is 0.341 e. The van der Waals surface area contributed by atoms with Gasteiger partial charge in [0.05, 0.1) is 24.4 Å². The van der Waals surface area contributed by atoms with Crippen molar-refractivity contribution in [3.05, 3.63) is 46.5 Å². The third kappa shape index (κ3) is 5.40. The number of fused-ring (bicyclic) bond motifs is 1. The molecule has 0 amide bonds. The predicted molar refractivity (Wildman–Crippen MR) is 123 cm³/mol. The molecular weight excluding hydrogens is 432 g/mol. The second kappa shape index (κ2) is 10.3. The molecule has 172 valence electrons. The fraction of sp³-hybridized carbons (Fsp3) is 0.458. The van der Waals surface area contributed by atoms with Crippen LogP contribution in [0.25, 0.3) is 0 Å². The van der Waals surface area contributed by atoms with Crippen LogP contribution in [0.3, 0.4) is 0 Å². The molecular formula is C24H29ClN2O5. The van der Waals surface area contributed by atoms with Gasteiger partial charge in [0.15, 0.2) is 11.5 Å². The number of hydrogen-bond acceptors (Lipinski definition) is 7. The summed E-state index contributed by atoms with van der Waals surface area (Å²) in [7, 11) is 1.49. The Kier molecular flexibility index (Phi) is 7.27. The van der Waals surface area contributed by atoms with Crippen LogP contribution in [0.5, 0.6) is 17.2 Å². The fourth-order valence-electron chi connectivity index (χ4n) is 4.08. The van der Waals surface area contributed by atoms with Gasteiger partial charge >= 0.3 is 5.97 Å². The largest absolute Gasteiger partial charge is 0.496 e. The van der Waals surface area contributed by atoms with Gasteiger partial charge in [-0.15, -0.1) is 0 Å². The van der Waals surface area contributed by atoms with E-state index < -0.39 is 5.97 Å². The van der Waals surface area contributed by atoms with E-state index in [0.29, 0.717) is 47.8 Å². The molecule has 0 bridgehead atoms. The molecule has 4 rings (SSSR count). The summed E-state index contributed by atoms with van der Waals surface area (Å²) in [5.74, 6) is 1.94. The molecule has 0 saturated carbocycles. The van der Waals surface area contributed by atoms with E-state index in [-0.39, 0.29) is 0 Å². The Morgan fingerprint density at radius 2 is 1.91 bits per heavy atom. The molecule has 0 spiro atoms. The molecule has 2 N–H and O–H groups in total. The molecule has 0 aliphatic carbocycles. The van der Waals surface area contributed by atoms with E-state index >= 15 is 0 Å². The van der Waals surface area contributed by atoms with Crippen LogP contribution in [0.1, 0.15) is 28.8 Å². The quantitative estimate of drug-likeness (QED) is 0.496. The van der Waals surface area contributed by atoms with Crippen LogP contribution in [0.2, 0.25) is 5.02 Å². The van der Waals surface area contributed by atoms with Gasteiger partial charge in [-0.25, -0.2) is 4.79 Å². The lowest BCUT2D eigenvalue weighted by atomic mass is 9.97. The van der Waals surface area contributed by atoms with Gasteiger partial charge in [-0.3, -0.25) is 0 Å². The van der Waals surface area contributed by atoms with Crippen LogP contribution >= 0.6 is 11.6 Å². The minimum atomic E-state index is -0.440. The average molecular weight is 461 g/mol. The Morgan fingerprint density at radius 3 is 2.66 bits per heavy atom. The van der Waals surface area contributed by atoms with E-state index in [4.69, 9.17) is 36.3 Å². The SMILES string of the molecule is COc1cc(N)c(Cl)cc1C(=O)OCC1CCN(CCc2ccc3c(c2)OCCO3)CC1. The summed E-state index contributed by atoms with van der Waals surface area (Å²) in [6, 6.07) is 9.22. The van der Waals surface area contributed by atoms with Crippen molar-refractivity contribution in [2.45, 2.75) is 19.3 Å². The lowest BCUT2D eigenvalue weighted by Crippen LogP contribution is -2.36. The van der Waals surface area contributed by atoms with E-state index in [1.807, 2.05) is 6.07 Å². The fourth-order valence-corrected chi connectivity index (χ4v) is 4.24. The van der Waals surface area contributed by atoms with Crippen LogP contribution in [-0.2, 0) is 11.2 Å². The highest BCUT2D eigenvalue weighted by atomic mass is 35.5. The van der Waals surface area contributed by atoms with Crippen molar-refractivity contribution >= 4 is 23.3 Å². The summed E-state index contributed by atoms with van der Waals surface area (Å²) in [5, 5.41) is 0.309. The van der Waals surface area contributed by atoms with Crippen molar-refractivity contribution in [2.24, 2.45) is 5.92 Å². The zero-order valence-corrected chi connectivity index (χ0v) is 19.0. The highest BCUT2D eigenvalue weighted by Gasteiger charge is 2.23. The van der Waals surface area contributed by atoms with Gasteiger partial charge in [-0.05, 0) is 62.0 Å². The molecule has 2 heterocycles. The molecule has 2 aromatic rings. The average Bonchev–Trinajstić information content (AvgIpc) is 2.83. The Bertz CT molecular complexity index is 960. The summed E-state index contributed by atoms with van der Waals surface area (Å²) in [6.45, 7) is 4.57. The van der Waals surface area contributed by atoms with Crippen LogP contribution in [0.15, 0.2) is 30.3 Å². The summed E-state index contributed by atoms with van der Waals surface area (Å²) in [6.07, 6.45) is 2.95. The first-order valence-electron chi connectivity index (χ1n) is 10.9. The monoisotopic (exact) mass is 460 g/mol. The van der Waals surface area contributed by atoms with Crippen LogP contribution in [0, 0.1) is 5.92 Å². The summed E-state index contributed by atoms with van der Waals surface area (Å²) < 4.78 is 22.1. The van der Waals surface area contributed by atoms with Crippen molar-refractivity contribution in [3.8, 4) is 17.2 Å². The number of halogens is 1. The minimum Gasteiger partial charge on any atom is -0.496 e. The Morgan fingerprint density at radius 1 is 1.16 bits per heavy atom. The van der Waals surface area contributed by atoms with Crippen molar-refractivity contribution in [1.29, 1.82) is 0 Å². The topological polar surface area (TPSA) is 83.2 Å². The third-order valence-electron chi connectivity index (χ3n) is 6.02. The third-order valence-corrected chi connectivity index (χ3v) is 6.35. The summed E-state index contributed by atoms with van der Waals surface area (Å²) in [5.41, 5.74) is 7.69. The van der Waals surface area contributed by atoms with Crippen molar-refractivity contribution in [2.75, 3.05) is 52.3 Å². The second-order valence-electron chi connectivity index (χ2n) is 8.19. The lowest BCUT2D eigenvalue weighted by molar-refractivity contribution is 0.0370.